The summed E-state index contributed by atoms with van der Waals surface area (Å²) in [7, 11) is 0. The van der Waals surface area contributed by atoms with Crippen LogP contribution in [0.1, 0.15) is 13.3 Å². The number of carbonyl (C=O) groups is 1. The summed E-state index contributed by atoms with van der Waals surface area (Å²) in [5.41, 5.74) is 5.34. The molecule has 2 N–H and O–H groups in total. The Morgan fingerprint density at radius 3 is 2.90 bits per heavy atom. The Hall–Kier alpha value is -0.480. The molecule has 0 aliphatic heterocycles. The molecule has 1 unspecified atom stereocenters. The normalized spacial score (nSPS) is 12.2. The molecular weight excluding hydrogens is 150 g/mol. The lowest BCUT2D eigenvalue weighted by Gasteiger charge is -2.03. The van der Waals surface area contributed by atoms with Crippen molar-refractivity contribution in [2.24, 2.45) is 5.73 Å². The van der Waals surface area contributed by atoms with E-state index in [0.29, 0.717) is 6.61 Å². The summed E-state index contributed by atoms with van der Waals surface area (Å²) in [6.45, 7) is 2.14. The molecular formula is C6H11NO2S. The van der Waals surface area contributed by atoms with Crippen molar-refractivity contribution in [1.82, 2.24) is 0 Å². The van der Waals surface area contributed by atoms with E-state index in [1.54, 1.807) is 6.92 Å². The van der Waals surface area contributed by atoms with Gasteiger partial charge in [-0.3, -0.25) is 4.79 Å². The van der Waals surface area contributed by atoms with Gasteiger partial charge < -0.3 is 10.5 Å². The fraction of sp³-hybridized carbons (Fsp3) is 0.667. The molecule has 0 aliphatic carbocycles. The van der Waals surface area contributed by atoms with Crippen LogP contribution in [0.3, 0.4) is 0 Å². The minimum absolute atomic E-state index is 0.178. The number of ether oxygens (including phenoxy) is 1. The van der Waals surface area contributed by atoms with E-state index in [0.717, 1.165) is 0 Å². The van der Waals surface area contributed by atoms with Crippen LogP contribution in [-0.4, -0.2) is 24.0 Å². The Labute approximate surface area is 65.5 Å². The maximum atomic E-state index is 10.6. The molecule has 0 amide bonds. The molecule has 0 aliphatic rings. The highest BCUT2D eigenvalue weighted by Crippen LogP contribution is 1.89. The lowest BCUT2D eigenvalue weighted by atomic mass is 10.2. The highest BCUT2D eigenvalue weighted by Gasteiger charge is 2.05. The minimum atomic E-state index is -0.353. The van der Waals surface area contributed by atoms with Crippen LogP contribution in [0.5, 0.6) is 0 Å². The van der Waals surface area contributed by atoms with Crippen LogP contribution in [0.25, 0.3) is 0 Å². The molecule has 0 rings (SSSR count). The summed E-state index contributed by atoms with van der Waals surface area (Å²) in [4.78, 5) is 10.6. The number of thiocarbonyl (C=S) groups is 1. The summed E-state index contributed by atoms with van der Waals surface area (Å²) in [5.74, 6) is -0.295. The summed E-state index contributed by atoms with van der Waals surface area (Å²) in [5, 5.41) is 1.36. The van der Waals surface area contributed by atoms with Crippen LogP contribution in [0.4, 0.5) is 0 Å². The maximum Gasteiger partial charge on any atom is 0.307 e. The Morgan fingerprint density at radius 2 is 2.50 bits per heavy atom. The van der Waals surface area contributed by atoms with Crippen molar-refractivity contribution in [3.8, 4) is 0 Å². The fourth-order valence-corrected chi connectivity index (χ4v) is 0.557. The molecule has 0 heterocycles. The van der Waals surface area contributed by atoms with Gasteiger partial charge in [0.2, 0.25) is 0 Å². The van der Waals surface area contributed by atoms with Gasteiger partial charge >= 0.3 is 5.97 Å². The lowest BCUT2D eigenvalue weighted by molar-refractivity contribution is -0.143. The number of hydrogen-bond donors (Lipinski definition) is 1. The van der Waals surface area contributed by atoms with Gasteiger partial charge in [0.05, 0.1) is 13.0 Å². The van der Waals surface area contributed by atoms with E-state index in [1.807, 2.05) is 0 Å². The Balaban J connectivity index is 3.46. The SMILES string of the molecule is CCOC(=O)CC(N)C=S. The monoisotopic (exact) mass is 161 g/mol. The van der Waals surface area contributed by atoms with E-state index < -0.39 is 0 Å². The first-order valence-corrected chi connectivity index (χ1v) is 3.54. The Morgan fingerprint density at radius 1 is 1.90 bits per heavy atom. The van der Waals surface area contributed by atoms with Crippen LogP contribution in [0.2, 0.25) is 0 Å². The van der Waals surface area contributed by atoms with Crippen molar-refractivity contribution >= 4 is 23.6 Å². The van der Waals surface area contributed by atoms with E-state index in [9.17, 15) is 4.79 Å². The van der Waals surface area contributed by atoms with Crippen molar-refractivity contribution in [2.45, 2.75) is 19.4 Å². The van der Waals surface area contributed by atoms with Crippen molar-refractivity contribution < 1.29 is 9.53 Å². The smallest absolute Gasteiger partial charge is 0.307 e. The van der Waals surface area contributed by atoms with E-state index in [4.69, 9.17) is 5.73 Å². The summed E-state index contributed by atoms with van der Waals surface area (Å²) < 4.78 is 4.63. The Bertz CT molecular complexity index is 127. The van der Waals surface area contributed by atoms with E-state index in [-0.39, 0.29) is 18.4 Å². The first-order chi connectivity index (χ1) is 4.70. The molecule has 58 valence electrons. The first kappa shape index (κ1) is 9.52. The van der Waals surface area contributed by atoms with Gasteiger partial charge in [-0.1, -0.05) is 12.2 Å². The third kappa shape index (κ3) is 4.40. The van der Waals surface area contributed by atoms with Crippen LogP contribution < -0.4 is 5.73 Å². The molecule has 4 heteroatoms. The topological polar surface area (TPSA) is 52.3 Å². The molecule has 0 bridgehead atoms. The maximum absolute atomic E-state index is 10.6. The van der Waals surface area contributed by atoms with E-state index in [2.05, 4.69) is 17.0 Å². The number of esters is 1. The van der Waals surface area contributed by atoms with Gasteiger partial charge in [0.15, 0.2) is 0 Å². The van der Waals surface area contributed by atoms with Gasteiger partial charge in [0, 0.05) is 6.04 Å². The number of nitrogens with two attached hydrogens (primary N) is 1. The van der Waals surface area contributed by atoms with Gasteiger partial charge in [0.1, 0.15) is 0 Å². The number of rotatable bonds is 4. The Kier molecular flexibility index (Phi) is 5.06. The van der Waals surface area contributed by atoms with Gasteiger partial charge in [0.25, 0.3) is 0 Å². The zero-order valence-corrected chi connectivity index (χ0v) is 6.69. The van der Waals surface area contributed by atoms with Crippen molar-refractivity contribution in [3.05, 3.63) is 0 Å². The molecule has 0 radical (unpaired) electrons. The second-order valence-corrected chi connectivity index (χ2v) is 2.08. The molecule has 0 aromatic carbocycles. The molecule has 0 saturated heterocycles. The van der Waals surface area contributed by atoms with Crippen molar-refractivity contribution in [1.29, 1.82) is 0 Å². The molecule has 1 atom stereocenters. The van der Waals surface area contributed by atoms with Crippen LogP contribution in [-0.2, 0) is 9.53 Å². The van der Waals surface area contributed by atoms with Crippen LogP contribution >= 0.6 is 12.2 Å². The highest BCUT2D eigenvalue weighted by molar-refractivity contribution is 7.79. The lowest BCUT2D eigenvalue weighted by Crippen LogP contribution is -2.25. The zero-order valence-electron chi connectivity index (χ0n) is 5.87. The zero-order chi connectivity index (χ0) is 7.98. The van der Waals surface area contributed by atoms with E-state index in [1.165, 1.54) is 5.37 Å². The molecule has 0 aromatic heterocycles. The summed E-state index contributed by atoms with van der Waals surface area (Å²) in [6.07, 6.45) is 0.178. The molecule has 0 saturated carbocycles. The largest absolute Gasteiger partial charge is 0.466 e. The number of carbonyl (C=O) groups excluding carboxylic acids is 1. The molecule has 3 nitrogen and oxygen atoms in total. The predicted molar refractivity (Wildman–Crippen MR) is 42.9 cm³/mol. The molecule has 0 spiro atoms. The second-order valence-electron chi connectivity index (χ2n) is 1.81. The molecule has 10 heavy (non-hydrogen) atoms. The van der Waals surface area contributed by atoms with Crippen LogP contribution in [0.15, 0.2) is 0 Å². The average molecular weight is 161 g/mol. The second kappa shape index (κ2) is 5.32. The van der Waals surface area contributed by atoms with Crippen LogP contribution in [0, 0.1) is 0 Å². The van der Waals surface area contributed by atoms with Gasteiger partial charge in [-0.2, -0.15) is 0 Å². The van der Waals surface area contributed by atoms with Gasteiger partial charge in [-0.05, 0) is 12.3 Å². The average Bonchev–Trinajstić information content (AvgIpc) is 1.88. The predicted octanol–water partition coefficient (Wildman–Crippen LogP) is 0.267. The van der Waals surface area contributed by atoms with Crippen molar-refractivity contribution in [2.75, 3.05) is 6.61 Å². The quantitative estimate of drug-likeness (QED) is 0.475. The van der Waals surface area contributed by atoms with E-state index >= 15 is 0 Å². The standard InChI is InChI=1S/C6H11NO2S/c1-2-9-6(8)3-5(7)4-10/h4-5H,2-3,7H2,1H3. The highest BCUT2D eigenvalue weighted by atomic mass is 32.1. The number of hydrogen-bond acceptors (Lipinski definition) is 4. The van der Waals surface area contributed by atoms with Gasteiger partial charge in [-0.15, -0.1) is 0 Å². The third-order valence-corrected chi connectivity index (χ3v) is 1.23. The minimum Gasteiger partial charge on any atom is -0.466 e. The summed E-state index contributed by atoms with van der Waals surface area (Å²) >= 11 is 4.52. The fourth-order valence-electron chi connectivity index (χ4n) is 0.460. The molecule has 0 fully saturated rings. The first-order valence-electron chi connectivity index (χ1n) is 3.07. The van der Waals surface area contributed by atoms with Crippen molar-refractivity contribution in [3.63, 3.8) is 0 Å². The summed E-state index contributed by atoms with van der Waals surface area (Å²) in [6, 6.07) is -0.353. The van der Waals surface area contributed by atoms with Gasteiger partial charge in [-0.25, -0.2) is 0 Å². The third-order valence-electron chi connectivity index (χ3n) is 0.882. The molecule has 0 aromatic rings.